The molecule has 1 N–H and O–H groups in total. The van der Waals surface area contributed by atoms with Crippen molar-refractivity contribution in [1.82, 2.24) is 15.1 Å². The van der Waals surface area contributed by atoms with E-state index >= 15 is 0 Å². The average molecular weight is 301 g/mol. The van der Waals surface area contributed by atoms with Gasteiger partial charge in [-0.25, -0.2) is 0 Å². The van der Waals surface area contributed by atoms with Gasteiger partial charge < -0.3 is 5.32 Å². The number of rotatable bonds is 6. The summed E-state index contributed by atoms with van der Waals surface area (Å²) in [6, 6.07) is 8.61. The van der Waals surface area contributed by atoms with E-state index in [0.717, 1.165) is 32.7 Å². The summed E-state index contributed by atoms with van der Waals surface area (Å²) in [6.07, 6.45) is 1.71. The van der Waals surface area contributed by atoms with E-state index in [4.69, 9.17) is 0 Å². The van der Waals surface area contributed by atoms with E-state index in [1.54, 1.807) is 6.08 Å². The van der Waals surface area contributed by atoms with Gasteiger partial charge in [0.2, 0.25) is 5.91 Å². The highest BCUT2D eigenvalue weighted by Gasteiger charge is 2.25. The van der Waals surface area contributed by atoms with Gasteiger partial charge in [-0.05, 0) is 19.4 Å². The fourth-order valence-corrected chi connectivity index (χ4v) is 2.86. The Morgan fingerprint density at radius 1 is 1.36 bits per heavy atom. The molecule has 1 aromatic rings. The number of benzene rings is 1. The SMILES string of the molecule is C=CCNC(=O)[C@@H](C)N1CCN(Cc2cccc(C)c2)CC1. The van der Waals surface area contributed by atoms with Crippen LogP contribution in [0.15, 0.2) is 36.9 Å². The highest BCUT2D eigenvalue weighted by Crippen LogP contribution is 2.12. The lowest BCUT2D eigenvalue weighted by atomic mass is 10.1. The Morgan fingerprint density at radius 3 is 2.73 bits per heavy atom. The fourth-order valence-electron chi connectivity index (χ4n) is 2.86. The van der Waals surface area contributed by atoms with Crippen LogP contribution in [0.4, 0.5) is 0 Å². The molecule has 1 amide bonds. The minimum Gasteiger partial charge on any atom is -0.351 e. The Balaban J connectivity index is 1.80. The summed E-state index contributed by atoms with van der Waals surface area (Å²) >= 11 is 0. The Kier molecular flexibility index (Phi) is 6.16. The largest absolute Gasteiger partial charge is 0.351 e. The summed E-state index contributed by atoms with van der Waals surface area (Å²) in [4.78, 5) is 16.7. The first kappa shape index (κ1) is 16.7. The molecule has 1 heterocycles. The molecule has 1 saturated heterocycles. The van der Waals surface area contributed by atoms with Gasteiger partial charge in [0, 0.05) is 39.3 Å². The van der Waals surface area contributed by atoms with Crippen molar-refractivity contribution >= 4 is 5.91 Å². The van der Waals surface area contributed by atoms with Crippen LogP contribution in [0.5, 0.6) is 0 Å². The highest BCUT2D eigenvalue weighted by atomic mass is 16.2. The predicted octanol–water partition coefficient (Wildman–Crippen LogP) is 1.80. The highest BCUT2D eigenvalue weighted by molar-refractivity contribution is 5.81. The van der Waals surface area contributed by atoms with Gasteiger partial charge in [-0.15, -0.1) is 6.58 Å². The molecule has 4 nitrogen and oxygen atoms in total. The Hall–Kier alpha value is -1.65. The fraction of sp³-hybridized carbons (Fsp3) is 0.500. The number of nitrogens with one attached hydrogen (secondary N) is 1. The van der Waals surface area contributed by atoms with Gasteiger partial charge in [0.25, 0.3) is 0 Å². The van der Waals surface area contributed by atoms with Crippen molar-refractivity contribution in [2.75, 3.05) is 32.7 Å². The van der Waals surface area contributed by atoms with Crippen molar-refractivity contribution in [3.05, 3.63) is 48.0 Å². The third kappa shape index (κ3) is 4.68. The average Bonchev–Trinajstić information content (AvgIpc) is 2.52. The van der Waals surface area contributed by atoms with Crippen molar-refractivity contribution in [2.24, 2.45) is 0 Å². The van der Waals surface area contributed by atoms with Crippen molar-refractivity contribution < 1.29 is 4.79 Å². The molecule has 120 valence electrons. The van der Waals surface area contributed by atoms with E-state index in [1.165, 1.54) is 11.1 Å². The molecule has 0 aliphatic carbocycles. The van der Waals surface area contributed by atoms with Crippen LogP contribution in [-0.4, -0.2) is 54.5 Å². The zero-order valence-electron chi connectivity index (χ0n) is 13.7. The van der Waals surface area contributed by atoms with Crippen molar-refractivity contribution in [1.29, 1.82) is 0 Å². The molecular formula is C18H27N3O. The van der Waals surface area contributed by atoms with E-state index in [-0.39, 0.29) is 11.9 Å². The minimum absolute atomic E-state index is 0.0685. The van der Waals surface area contributed by atoms with Gasteiger partial charge in [0.15, 0.2) is 0 Å². The number of hydrogen-bond donors (Lipinski definition) is 1. The lowest BCUT2D eigenvalue weighted by Gasteiger charge is -2.37. The quantitative estimate of drug-likeness (QED) is 0.814. The summed E-state index contributed by atoms with van der Waals surface area (Å²) in [5.41, 5.74) is 2.67. The molecular weight excluding hydrogens is 274 g/mol. The number of piperazine rings is 1. The van der Waals surface area contributed by atoms with Crippen LogP contribution < -0.4 is 5.32 Å². The number of amides is 1. The first-order valence-corrected chi connectivity index (χ1v) is 8.00. The normalized spacial score (nSPS) is 17.9. The molecule has 1 aliphatic rings. The second-order valence-corrected chi connectivity index (χ2v) is 6.01. The van der Waals surface area contributed by atoms with Gasteiger partial charge in [0.1, 0.15) is 0 Å². The molecule has 2 rings (SSSR count). The molecule has 0 bridgehead atoms. The molecule has 0 saturated carbocycles. The maximum Gasteiger partial charge on any atom is 0.237 e. The first-order chi connectivity index (χ1) is 10.6. The minimum atomic E-state index is -0.0685. The number of hydrogen-bond acceptors (Lipinski definition) is 3. The van der Waals surface area contributed by atoms with Gasteiger partial charge in [0.05, 0.1) is 6.04 Å². The molecule has 1 aliphatic heterocycles. The third-order valence-corrected chi connectivity index (χ3v) is 4.24. The Morgan fingerprint density at radius 2 is 2.09 bits per heavy atom. The summed E-state index contributed by atoms with van der Waals surface area (Å²) < 4.78 is 0. The van der Waals surface area contributed by atoms with Gasteiger partial charge in [-0.1, -0.05) is 35.9 Å². The molecule has 22 heavy (non-hydrogen) atoms. The molecule has 0 unspecified atom stereocenters. The van der Waals surface area contributed by atoms with Crippen LogP contribution >= 0.6 is 0 Å². The van der Waals surface area contributed by atoms with Crippen molar-refractivity contribution in [3.8, 4) is 0 Å². The summed E-state index contributed by atoms with van der Waals surface area (Å²) in [7, 11) is 0. The summed E-state index contributed by atoms with van der Waals surface area (Å²) in [5, 5.41) is 2.87. The van der Waals surface area contributed by atoms with Crippen molar-refractivity contribution in [2.45, 2.75) is 26.4 Å². The second kappa shape index (κ2) is 8.11. The van der Waals surface area contributed by atoms with E-state index < -0.39 is 0 Å². The molecule has 1 aromatic carbocycles. The zero-order valence-corrected chi connectivity index (χ0v) is 13.7. The van der Waals surface area contributed by atoms with Gasteiger partial charge in [-0.2, -0.15) is 0 Å². The first-order valence-electron chi connectivity index (χ1n) is 8.00. The second-order valence-electron chi connectivity index (χ2n) is 6.01. The summed E-state index contributed by atoms with van der Waals surface area (Å²) in [6.45, 7) is 13.2. The van der Waals surface area contributed by atoms with E-state index in [9.17, 15) is 4.79 Å². The molecule has 1 atom stereocenters. The standard InChI is InChI=1S/C18H27N3O/c1-4-8-19-18(22)16(3)21-11-9-20(10-12-21)14-17-7-5-6-15(2)13-17/h4-7,13,16H,1,8-12,14H2,2-3H3,(H,19,22)/t16-/m1/s1. The van der Waals surface area contributed by atoms with Gasteiger partial charge >= 0.3 is 0 Å². The third-order valence-electron chi connectivity index (χ3n) is 4.24. The number of carbonyl (C=O) groups excluding carboxylic acids is 1. The molecule has 0 radical (unpaired) electrons. The number of nitrogens with zero attached hydrogens (tertiary/aromatic N) is 2. The van der Waals surface area contributed by atoms with Crippen LogP contribution in [0, 0.1) is 6.92 Å². The van der Waals surface area contributed by atoms with Crippen LogP contribution in [0.2, 0.25) is 0 Å². The molecule has 1 fully saturated rings. The Labute approximate surface area is 133 Å². The van der Waals surface area contributed by atoms with E-state index in [1.807, 2.05) is 6.92 Å². The lowest BCUT2D eigenvalue weighted by molar-refractivity contribution is -0.126. The predicted molar refractivity (Wildman–Crippen MR) is 90.7 cm³/mol. The van der Waals surface area contributed by atoms with E-state index in [0.29, 0.717) is 6.54 Å². The topological polar surface area (TPSA) is 35.6 Å². The molecule has 0 spiro atoms. The zero-order chi connectivity index (χ0) is 15.9. The molecule has 0 aromatic heterocycles. The lowest BCUT2D eigenvalue weighted by Crippen LogP contribution is -2.53. The van der Waals surface area contributed by atoms with E-state index in [2.05, 4.69) is 52.9 Å². The maximum absolute atomic E-state index is 12.0. The molecule has 4 heteroatoms. The number of aryl methyl sites for hydroxylation is 1. The van der Waals surface area contributed by atoms with Crippen LogP contribution in [0.1, 0.15) is 18.1 Å². The van der Waals surface area contributed by atoms with Crippen LogP contribution in [-0.2, 0) is 11.3 Å². The maximum atomic E-state index is 12.0. The Bertz CT molecular complexity index is 507. The smallest absolute Gasteiger partial charge is 0.237 e. The summed E-state index contributed by atoms with van der Waals surface area (Å²) in [5.74, 6) is 0.0898. The van der Waals surface area contributed by atoms with Gasteiger partial charge in [-0.3, -0.25) is 14.6 Å². The number of carbonyl (C=O) groups is 1. The monoisotopic (exact) mass is 301 g/mol. The van der Waals surface area contributed by atoms with Crippen LogP contribution in [0.25, 0.3) is 0 Å². The van der Waals surface area contributed by atoms with Crippen LogP contribution in [0.3, 0.4) is 0 Å². The van der Waals surface area contributed by atoms with Crippen molar-refractivity contribution in [3.63, 3.8) is 0 Å².